The zero-order valence-electron chi connectivity index (χ0n) is 17.3. The van der Waals surface area contributed by atoms with Crippen molar-refractivity contribution in [1.82, 2.24) is 9.58 Å². The van der Waals surface area contributed by atoms with Crippen LogP contribution < -0.4 is 5.43 Å². The van der Waals surface area contributed by atoms with Crippen molar-refractivity contribution in [2.75, 3.05) is 25.6 Å². The number of rotatable bonds is 6. The van der Waals surface area contributed by atoms with Gasteiger partial charge in [0, 0.05) is 18.7 Å². The van der Waals surface area contributed by atoms with Crippen molar-refractivity contribution in [2.45, 2.75) is 34.6 Å². The number of carbonyl (C=O) groups is 3. The van der Waals surface area contributed by atoms with Crippen LogP contribution in [0.4, 0.5) is 0 Å². The van der Waals surface area contributed by atoms with Crippen LogP contribution in [0.3, 0.4) is 0 Å². The second kappa shape index (κ2) is 8.73. The van der Waals surface area contributed by atoms with Crippen LogP contribution in [-0.2, 0) is 4.74 Å². The summed E-state index contributed by atoms with van der Waals surface area (Å²) in [6, 6.07) is 7.18. The fourth-order valence-corrected chi connectivity index (χ4v) is 3.24. The molecule has 0 unspecified atom stereocenters. The topological polar surface area (TPSA) is 80.6 Å². The molecule has 2 amide bonds. The molecule has 1 aromatic carbocycles. The monoisotopic (exact) mass is 385 g/mol. The molecule has 0 atom stereocenters. The standard InChI is InChI=1S/C21H27N3O4/c1-7-23(8-2)20(26)17-14(4)24(15(5)18(17)21(27)28-6)22-19(25)16-11-9-10-13(3)12-16/h9-12H,7-8H2,1-6H3,(H,22,25). The summed E-state index contributed by atoms with van der Waals surface area (Å²) in [4.78, 5) is 39.8. The summed E-state index contributed by atoms with van der Waals surface area (Å²) in [6.07, 6.45) is 0. The number of aromatic nitrogens is 1. The van der Waals surface area contributed by atoms with Gasteiger partial charge in [0.2, 0.25) is 0 Å². The van der Waals surface area contributed by atoms with E-state index in [2.05, 4.69) is 5.43 Å². The summed E-state index contributed by atoms with van der Waals surface area (Å²) in [5.74, 6) is -1.21. The first kappa shape index (κ1) is 21.2. The van der Waals surface area contributed by atoms with Crippen LogP contribution >= 0.6 is 0 Å². The minimum atomic E-state index is -0.611. The molecule has 0 radical (unpaired) electrons. The van der Waals surface area contributed by atoms with Gasteiger partial charge < -0.3 is 9.64 Å². The summed E-state index contributed by atoms with van der Waals surface area (Å²) in [5, 5.41) is 0. The van der Waals surface area contributed by atoms with Gasteiger partial charge in [0.15, 0.2) is 0 Å². The molecule has 0 bridgehead atoms. The number of aryl methyl sites for hydroxylation is 1. The molecule has 0 spiro atoms. The predicted octanol–water partition coefficient (Wildman–Crippen LogP) is 3.07. The number of esters is 1. The number of hydrogen-bond acceptors (Lipinski definition) is 4. The molecule has 1 aromatic heterocycles. The van der Waals surface area contributed by atoms with Gasteiger partial charge in [0.25, 0.3) is 11.8 Å². The molecule has 1 N–H and O–H groups in total. The molecule has 0 saturated carbocycles. The summed E-state index contributed by atoms with van der Waals surface area (Å²) in [7, 11) is 1.27. The number of ether oxygens (including phenoxy) is 1. The van der Waals surface area contributed by atoms with E-state index in [4.69, 9.17) is 4.74 Å². The lowest BCUT2D eigenvalue weighted by atomic mass is 10.1. The van der Waals surface area contributed by atoms with Crippen molar-refractivity contribution in [3.63, 3.8) is 0 Å². The van der Waals surface area contributed by atoms with E-state index in [1.54, 1.807) is 36.9 Å². The van der Waals surface area contributed by atoms with Crippen molar-refractivity contribution >= 4 is 17.8 Å². The molecule has 0 aliphatic rings. The van der Waals surface area contributed by atoms with Crippen LogP contribution in [0.25, 0.3) is 0 Å². The fourth-order valence-electron chi connectivity index (χ4n) is 3.24. The first-order chi connectivity index (χ1) is 13.3. The molecule has 7 heteroatoms. The number of methoxy groups -OCH3 is 1. The third kappa shape index (κ3) is 3.93. The number of amides is 2. The molecule has 1 heterocycles. The SMILES string of the molecule is CCN(CC)C(=O)c1c(C(=O)OC)c(C)n(NC(=O)c2cccc(C)c2)c1C. The highest BCUT2D eigenvalue weighted by Crippen LogP contribution is 2.24. The molecule has 7 nitrogen and oxygen atoms in total. The summed E-state index contributed by atoms with van der Waals surface area (Å²) in [5.41, 5.74) is 5.58. The zero-order chi connectivity index (χ0) is 21.0. The van der Waals surface area contributed by atoms with Crippen LogP contribution in [-0.4, -0.2) is 47.6 Å². The van der Waals surface area contributed by atoms with Gasteiger partial charge in [-0.2, -0.15) is 0 Å². The first-order valence-corrected chi connectivity index (χ1v) is 9.24. The van der Waals surface area contributed by atoms with E-state index < -0.39 is 5.97 Å². The molecule has 2 aromatic rings. The maximum atomic E-state index is 13.0. The highest BCUT2D eigenvalue weighted by atomic mass is 16.5. The summed E-state index contributed by atoms with van der Waals surface area (Å²) < 4.78 is 6.37. The van der Waals surface area contributed by atoms with E-state index in [1.165, 1.54) is 11.8 Å². The van der Waals surface area contributed by atoms with Gasteiger partial charge in [0.05, 0.1) is 29.6 Å². The van der Waals surface area contributed by atoms with E-state index in [0.717, 1.165) is 5.56 Å². The predicted molar refractivity (Wildman–Crippen MR) is 107 cm³/mol. The Morgan fingerprint density at radius 1 is 1.04 bits per heavy atom. The lowest BCUT2D eigenvalue weighted by molar-refractivity contribution is 0.0590. The van der Waals surface area contributed by atoms with Gasteiger partial charge in [-0.1, -0.05) is 17.7 Å². The summed E-state index contributed by atoms with van der Waals surface area (Å²) >= 11 is 0. The van der Waals surface area contributed by atoms with E-state index >= 15 is 0 Å². The number of hydrogen-bond donors (Lipinski definition) is 1. The van der Waals surface area contributed by atoms with E-state index in [1.807, 2.05) is 26.8 Å². The molecule has 2 rings (SSSR count). The Morgan fingerprint density at radius 2 is 1.64 bits per heavy atom. The molecule has 0 aliphatic heterocycles. The van der Waals surface area contributed by atoms with Crippen LogP contribution in [0.1, 0.15) is 61.9 Å². The molecular weight excluding hydrogens is 358 g/mol. The van der Waals surface area contributed by atoms with Gasteiger partial charge >= 0.3 is 5.97 Å². The highest BCUT2D eigenvalue weighted by Gasteiger charge is 2.30. The molecule has 28 heavy (non-hydrogen) atoms. The van der Waals surface area contributed by atoms with Crippen molar-refractivity contribution < 1.29 is 19.1 Å². The Morgan fingerprint density at radius 3 is 2.18 bits per heavy atom. The Labute approximate surface area is 165 Å². The second-order valence-electron chi connectivity index (χ2n) is 6.54. The second-order valence-corrected chi connectivity index (χ2v) is 6.54. The lowest BCUT2D eigenvalue weighted by Gasteiger charge is -2.19. The zero-order valence-corrected chi connectivity index (χ0v) is 17.3. The molecule has 150 valence electrons. The largest absolute Gasteiger partial charge is 0.465 e. The van der Waals surface area contributed by atoms with Crippen LogP contribution in [0.2, 0.25) is 0 Å². The number of nitrogens with zero attached hydrogens (tertiary/aromatic N) is 2. The summed E-state index contributed by atoms with van der Waals surface area (Å²) in [6.45, 7) is 10.0. The van der Waals surface area contributed by atoms with Crippen molar-refractivity contribution in [3.05, 3.63) is 57.9 Å². The Hall–Kier alpha value is -3.09. The average molecular weight is 385 g/mol. The highest BCUT2D eigenvalue weighted by molar-refractivity contribution is 6.08. The minimum Gasteiger partial charge on any atom is -0.465 e. The van der Waals surface area contributed by atoms with Gasteiger partial charge in [-0.25, -0.2) is 4.79 Å². The Bertz CT molecular complexity index is 911. The van der Waals surface area contributed by atoms with Gasteiger partial charge in [-0.15, -0.1) is 0 Å². The fraction of sp³-hybridized carbons (Fsp3) is 0.381. The quantitative estimate of drug-likeness (QED) is 0.775. The maximum Gasteiger partial charge on any atom is 0.340 e. The smallest absolute Gasteiger partial charge is 0.340 e. The lowest BCUT2D eigenvalue weighted by Crippen LogP contribution is -2.32. The number of nitrogens with one attached hydrogen (secondary N) is 1. The van der Waals surface area contributed by atoms with Crippen LogP contribution in [0.5, 0.6) is 0 Å². The maximum absolute atomic E-state index is 13.0. The van der Waals surface area contributed by atoms with Crippen molar-refractivity contribution in [1.29, 1.82) is 0 Å². The minimum absolute atomic E-state index is 0.168. The van der Waals surface area contributed by atoms with Gasteiger partial charge in [-0.3, -0.25) is 19.7 Å². The van der Waals surface area contributed by atoms with Crippen LogP contribution in [0.15, 0.2) is 24.3 Å². The third-order valence-corrected chi connectivity index (χ3v) is 4.79. The van der Waals surface area contributed by atoms with Crippen molar-refractivity contribution in [2.24, 2.45) is 0 Å². The number of benzene rings is 1. The van der Waals surface area contributed by atoms with Crippen molar-refractivity contribution in [3.8, 4) is 0 Å². The Balaban J connectivity index is 2.55. The average Bonchev–Trinajstić information content (AvgIpc) is 2.92. The van der Waals surface area contributed by atoms with Gasteiger partial charge in [0.1, 0.15) is 0 Å². The van der Waals surface area contributed by atoms with E-state index in [0.29, 0.717) is 30.0 Å². The number of carbonyl (C=O) groups excluding carboxylic acids is 3. The molecule has 0 aliphatic carbocycles. The molecular formula is C21H27N3O4. The first-order valence-electron chi connectivity index (χ1n) is 9.24. The van der Waals surface area contributed by atoms with E-state index in [9.17, 15) is 14.4 Å². The molecule has 0 fully saturated rings. The normalized spacial score (nSPS) is 10.5. The molecule has 0 saturated heterocycles. The van der Waals surface area contributed by atoms with Gasteiger partial charge in [-0.05, 0) is 46.8 Å². The third-order valence-electron chi connectivity index (χ3n) is 4.79. The van der Waals surface area contributed by atoms with Crippen LogP contribution in [0, 0.1) is 20.8 Å². The van der Waals surface area contributed by atoms with E-state index in [-0.39, 0.29) is 22.9 Å². The Kier molecular flexibility index (Phi) is 6.62.